The molecule has 1 aliphatic heterocycles. The van der Waals surface area contributed by atoms with E-state index < -0.39 is 0 Å². The molecule has 0 bridgehead atoms. The SMILES string of the molecule is C=Cc1cc(-c2ccc3c(c2)C(C)(C)N(C)C3(C)C)c(N(c2ccc(Br)cc2)c2ccc(Br)cc2)cc1C=C. The van der Waals surface area contributed by atoms with Gasteiger partial charge in [0.2, 0.25) is 0 Å². The lowest BCUT2D eigenvalue weighted by Gasteiger charge is -2.37. The molecule has 39 heavy (non-hydrogen) atoms. The molecule has 0 amide bonds. The van der Waals surface area contributed by atoms with Crippen molar-refractivity contribution in [3.8, 4) is 11.1 Å². The van der Waals surface area contributed by atoms with Gasteiger partial charge in [0.15, 0.2) is 0 Å². The highest BCUT2D eigenvalue weighted by Gasteiger charge is 2.46. The molecule has 0 N–H and O–H groups in total. The molecular formula is C35H34Br2N2. The summed E-state index contributed by atoms with van der Waals surface area (Å²) in [5.74, 6) is 0. The number of hydrogen-bond acceptors (Lipinski definition) is 2. The van der Waals surface area contributed by atoms with Gasteiger partial charge in [0.25, 0.3) is 0 Å². The fraction of sp³-hybridized carbons (Fsp3) is 0.200. The maximum absolute atomic E-state index is 4.12. The van der Waals surface area contributed by atoms with Crippen LogP contribution in [0.3, 0.4) is 0 Å². The molecule has 0 atom stereocenters. The molecule has 0 saturated carbocycles. The lowest BCUT2D eigenvalue weighted by atomic mass is 9.86. The maximum atomic E-state index is 4.12. The van der Waals surface area contributed by atoms with Gasteiger partial charge in [-0.2, -0.15) is 0 Å². The molecule has 1 aliphatic rings. The molecule has 0 unspecified atom stereocenters. The normalized spacial score (nSPS) is 15.6. The van der Waals surface area contributed by atoms with Crippen LogP contribution in [0.25, 0.3) is 23.3 Å². The average Bonchev–Trinajstić information content (AvgIpc) is 3.06. The zero-order valence-electron chi connectivity index (χ0n) is 23.2. The third-order valence-electron chi connectivity index (χ3n) is 8.38. The lowest BCUT2D eigenvalue weighted by molar-refractivity contribution is 0.0730. The quantitative estimate of drug-likeness (QED) is 0.207. The molecule has 0 aromatic heterocycles. The molecule has 4 aromatic rings. The van der Waals surface area contributed by atoms with Gasteiger partial charge in [0.1, 0.15) is 0 Å². The molecule has 0 radical (unpaired) electrons. The van der Waals surface area contributed by atoms with Gasteiger partial charge in [-0.05, 0) is 129 Å². The van der Waals surface area contributed by atoms with E-state index in [9.17, 15) is 0 Å². The van der Waals surface area contributed by atoms with Crippen LogP contribution in [0, 0.1) is 0 Å². The molecule has 2 nitrogen and oxygen atoms in total. The van der Waals surface area contributed by atoms with Crippen molar-refractivity contribution in [1.82, 2.24) is 4.90 Å². The Hall–Kier alpha value is -2.92. The van der Waals surface area contributed by atoms with E-state index in [0.717, 1.165) is 42.7 Å². The molecule has 0 fully saturated rings. The molecule has 0 saturated heterocycles. The number of anilines is 3. The van der Waals surface area contributed by atoms with Crippen LogP contribution >= 0.6 is 31.9 Å². The van der Waals surface area contributed by atoms with Gasteiger partial charge in [0, 0.05) is 37.0 Å². The number of nitrogens with zero attached hydrogens (tertiary/aromatic N) is 2. The second kappa shape index (κ2) is 10.2. The van der Waals surface area contributed by atoms with E-state index in [1.165, 1.54) is 16.7 Å². The maximum Gasteiger partial charge on any atom is 0.0546 e. The molecule has 198 valence electrons. The first-order valence-corrected chi connectivity index (χ1v) is 14.7. The largest absolute Gasteiger partial charge is 0.310 e. The Morgan fingerprint density at radius 2 is 1.15 bits per heavy atom. The third-order valence-corrected chi connectivity index (χ3v) is 9.43. The predicted octanol–water partition coefficient (Wildman–Crippen LogP) is 11.0. The van der Waals surface area contributed by atoms with Crippen molar-refractivity contribution >= 4 is 61.1 Å². The van der Waals surface area contributed by atoms with Crippen molar-refractivity contribution in [3.05, 3.63) is 123 Å². The highest BCUT2D eigenvalue weighted by Crippen LogP contribution is 2.50. The van der Waals surface area contributed by atoms with Gasteiger partial charge in [-0.15, -0.1) is 0 Å². The third kappa shape index (κ3) is 4.73. The molecule has 4 aromatic carbocycles. The van der Waals surface area contributed by atoms with Crippen molar-refractivity contribution in [2.24, 2.45) is 0 Å². The minimum Gasteiger partial charge on any atom is -0.310 e. The lowest BCUT2D eigenvalue weighted by Crippen LogP contribution is -2.42. The van der Waals surface area contributed by atoms with Crippen LogP contribution in [0.2, 0.25) is 0 Å². The molecule has 0 spiro atoms. The summed E-state index contributed by atoms with van der Waals surface area (Å²) in [7, 11) is 2.22. The highest BCUT2D eigenvalue weighted by atomic mass is 79.9. The zero-order valence-corrected chi connectivity index (χ0v) is 26.4. The van der Waals surface area contributed by atoms with Crippen LogP contribution in [0.5, 0.6) is 0 Å². The summed E-state index contributed by atoms with van der Waals surface area (Å²) >= 11 is 7.22. The van der Waals surface area contributed by atoms with Gasteiger partial charge in [-0.1, -0.05) is 69.3 Å². The molecule has 4 heteroatoms. The van der Waals surface area contributed by atoms with Crippen molar-refractivity contribution in [2.75, 3.05) is 11.9 Å². The number of hydrogen-bond donors (Lipinski definition) is 0. The van der Waals surface area contributed by atoms with Crippen LogP contribution in [0.4, 0.5) is 17.1 Å². The van der Waals surface area contributed by atoms with Gasteiger partial charge in [-0.25, -0.2) is 0 Å². The zero-order chi connectivity index (χ0) is 28.1. The Balaban J connectivity index is 1.81. The summed E-state index contributed by atoms with van der Waals surface area (Å²) in [6.45, 7) is 17.5. The van der Waals surface area contributed by atoms with Crippen LogP contribution in [-0.2, 0) is 11.1 Å². The summed E-state index contributed by atoms with van der Waals surface area (Å²) in [4.78, 5) is 4.80. The Morgan fingerprint density at radius 1 is 0.667 bits per heavy atom. The minimum atomic E-state index is -0.0889. The van der Waals surface area contributed by atoms with E-state index in [0.29, 0.717) is 0 Å². The second-order valence-corrected chi connectivity index (χ2v) is 13.0. The Morgan fingerprint density at radius 3 is 1.67 bits per heavy atom. The Kier molecular flexibility index (Phi) is 7.26. The van der Waals surface area contributed by atoms with E-state index >= 15 is 0 Å². The number of fused-ring (bicyclic) bond motifs is 1. The summed E-state index contributed by atoms with van der Waals surface area (Å²) in [6, 6.07) is 28.4. The van der Waals surface area contributed by atoms with Gasteiger partial charge in [0.05, 0.1) is 5.69 Å². The van der Waals surface area contributed by atoms with Gasteiger partial charge < -0.3 is 4.90 Å². The topological polar surface area (TPSA) is 6.48 Å². The van der Waals surface area contributed by atoms with Crippen LogP contribution in [0.1, 0.15) is 49.9 Å². The first-order chi connectivity index (χ1) is 18.5. The molecule has 0 aliphatic carbocycles. The van der Waals surface area contributed by atoms with Crippen molar-refractivity contribution in [3.63, 3.8) is 0 Å². The minimum absolute atomic E-state index is 0.0416. The summed E-state index contributed by atoms with van der Waals surface area (Å²) in [6.07, 6.45) is 3.83. The first-order valence-electron chi connectivity index (χ1n) is 13.1. The fourth-order valence-electron chi connectivity index (χ4n) is 5.81. The van der Waals surface area contributed by atoms with E-state index in [2.05, 4.69) is 168 Å². The smallest absolute Gasteiger partial charge is 0.0546 e. The molecular weight excluding hydrogens is 608 g/mol. The van der Waals surface area contributed by atoms with Crippen molar-refractivity contribution in [1.29, 1.82) is 0 Å². The predicted molar refractivity (Wildman–Crippen MR) is 176 cm³/mol. The second-order valence-electron chi connectivity index (χ2n) is 11.1. The standard InChI is InChI=1S/C35H34Br2N2/c1-8-23-20-30(25-10-19-31-32(21-25)35(5,6)38(7)34(31,3)4)33(22-24(23)9-2)39(28-15-11-26(36)12-16-28)29-17-13-27(37)14-18-29/h8-22H,1-2H2,3-7H3. The van der Waals surface area contributed by atoms with E-state index in [1.807, 2.05) is 12.2 Å². The monoisotopic (exact) mass is 640 g/mol. The highest BCUT2D eigenvalue weighted by molar-refractivity contribution is 9.10. The van der Waals surface area contributed by atoms with Crippen molar-refractivity contribution in [2.45, 2.75) is 38.8 Å². The van der Waals surface area contributed by atoms with Crippen LogP contribution < -0.4 is 4.90 Å². The Labute approximate surface area is 249 Å². The summed E-state index contributed by atoms with van der Waals surface area (Å²) < 4.78 is 2.09. The van der Waals surface area contributed by atoms with Gasteiger partial charge in [-0.3, -0.25) is 4.90 Å². The van der Waals surface area contributed by atoms with Gasteiger partial charge >= 0.3 is 0 Å². The van der Waals surface area contributed by atoms with E-state index in [1.54, 1.807) is 0 Å². The number of benzene rings is 4. The average molecular weight is 642 g/mol. The van der Waals surface area contributed by atoms with Crippen LogP contribution in [0.15, 0.2) is 101 Å². The van der Waals surface area contributed by atoms with E-state index in [4.69, 9.17) is 0 Å². The summed E-state index contributed by atoms with van der Waals surface area (Å²) in [5.41, 5.74) is 10.3. The van der Waals surface area contributed by atoms with Crippen LogP contribution in [-0.4, -0.2) is 11.9 Å². The summed E-state index contributed by atoms with van der Waals surface area (Å²) in [5, 5.41) is 0. The first kappa shape index (κ1) is 27.6. The van der Waals surface area contributed by atoms with E-state index in [-0.39, 0.29) is 11.1 Å². The Bertz CT molecular complexity index is 1520. The molecule has 1 heterocycles. The molecule has 5 rings (SSSR count). The number of rotatable bonds is 6. The van der Waals surface area contributed by atoms with Crippen molar-refractivity contribution < 1.29 is 0 Å². The number of halogens is 2. The fourth-order valence-corrected chi connectivity index (χ4v) is 6.34.